The predicted octanol–water partition coefficient (Wildman–Crippen LogP) is 2.95. The van der Waals surface area contributed by atoms with Crippen molar-refractivity contribution in [2.45, 2.75) is 13.5 Å². The molecule has 9 heteroatoms. The van der Waals surface area contributed by atoms with Gasteiger partial charge in [-0.2, -0.15) is 9.90 Å². The van der Waals surface area contributed by atoms with Crippen LogP contribution in [0.5, 0.6) is 5.75 Å². The first-order valence-corrected chi connectivity index (χ1v) is 8.70. The molecule has 0 aliphatic carbocycles. The number of methoxy groups -OCH3 is 1. The zero-order chi connectivity index (χ0) is 18.8. The lowest BCUT2D eigenvalue weighted by atomic mass is 10.2. The van der Waals surface area contributed by atoms with Gasteiger partial charge in [0.25, 0.3) is 0 Å². The molecule has 2 aromatic carbocycles. The number of H-pyrrole nitrogens is 1. The molecule has 4 aromatic rings. The molecule has 8 nitrogen and oxygen atoms in total. The van der Waals surface area contributed by atoms with E-state index < -0.39 is 0 Å². The van der Waals surface area contributed by atoms with Gasteiger partial charge < -0.3 is 4.74 Å². The van der Waals surface area contributed by atoms with Crippen LogP contribution in [0, 0.1) is 11.7 Å². The number of rotatable bonds is 5. The Kier molecular flexibility index (Phi) is 4.51. The lowest BCUT2D eigenvalue weighted by Crippen LogP contribution is -2.10. The van der Waals surface area contributed by atoms with E-state index in [0.29, 0.717) is 23.0 Å². The SMILES string of the molecule is COc1ccc(-c2nnn(Cc3n[nH]c(=S)n3-c3ccc(C)cc3)n2)cc1. The normalized spacial score (nSPS) is 10.9. The average Bonchev–Trinajstić information content (AvgIpc) is 3.30. The molecular formula is C18H17N7OS. The molecule has 0 radical (unpaired) electrons. The third-order valence-corrected chi connectivity index (χ3v) is 4.39. The van der Waals surface area contributed by atoms with Crippen LogP contribution in [-0.2, 0) is 6.54 Å². The van der Waals surface area contributed by atoms with Crippen LogP contribution in [0.3, 0.4) is 0 Å². The molecule has 0 amide bonds. The smallest absolute Gasteiger partial charge is 0.204 e. The number of aromatic nitrogens is 7. The van der Waals surface area contributed by atoms with Crippen molar-refractivity contribution in [2.24, 2.45) is 0 Å². The van der Waals surface area contributed by atoms with E-state index in [9.17, 15) is 0 Å². The Hall–Kier alpha value is -3.33. The Labute approximate surface area is 160 Å². The van der Waals surface area contributed by atoms with Crippen LogP contribution >= 0.6 is 12.2 Å². The van der Waals surface area contributed by atoms with E-state index in [1.165, 1.54) is 10.4 Å². The summed E-state index contributed by atoms with van der Waals surface area (Å²) in [6, 6.07) is 15.6. The highest BCUT2D eigenvalue weighted by Gasteiger charge is 2.12. The van der Waals surface area contributed by atoms with Gasteiger partial charge in [0, 0.05) is 11.3 Å². The van der Waals surface area contributed by atoms with Crippen LogP contribution < -0.4 is 4.74 Å². The molecule has 0 spiro atoms. The predicted molar refractivity (Wildman–Crippen MR) is 102 cm³/mol. The summed E-state index contributed by atoms with van der Waals surface area (Å²) in [5, 5.41) is 19.8. The number of hydrogen-bond acceptors (Lipinski definition) is 6. The van der Waals surface area contributed by atoms with Gasteiger partial charge in [0.1, 0.15) is 12.3 Å². The zero-order valence-corrected chi connectivity index (χ0v) is 15.6. The fourth-order valence-electron chi connectivity index (χ4n) is 2.69. The Morgan fingerprint density at radius 1 is 1.07 bits per heavy atom. The minimum absolute atomic E-state index is 0.337. The van der Waals surface area contributed by atoms with Crippen LogP contribution in [0.1, 0.15) is 11.4 Å². The van der Waals surface area contributed by atoms with Gasteiger partial charge in [-0.05, 0) is 60.8 Å². The molecule has 4 rings (SSSR count). The van der Waals surface area contributed by atoms with Gasteiger partial charge >= 0.3 is 0 Å². The molecule has 0 aliphatic heterocycles. The van der Waals surface area contributed by atoms with Crippen molar-refractivity contribution in [2.75, 3.05) is 7.11 Å². The number of aryl methyl sites for hydroxylation is 1. The molecule has 0 fully saturated rings. The Bertz CT molecular complexity index is 1110. The highest BCUT2D eigenvalue weighted by Crippen LogP contribution is 2.18. The summed E-state index contributed by atoms with van der Waals surface area (Å²) >= 11 is 5.38. The summed E-state index contributed by atoms with van der Waals surface area (Å²) in [7, 11) is 1.63. The highest BCUT2D eigenvalue weighted by molar-refractivity contribution is 7.71. The molecule has 2 aromatic heterocycles. The zero-order valence-electron chi connectivity index (χ0n) is 14.8. The number of ether oxygens (including phenoxy) is 1. The minimum atomic E-state index is 0.337. The van der Waals surface area contributed by atoms with Crippen LogP contribution in [0.4, 0.5) is 0 Å². The standard InChI is InChI=1S/C18H17N7OS/c1-12-3-7-14(8-4-12)25-16(19-21-18(25)27)11-24-22-17(20-23-24)13-5-9-15(26-2)10-6-13/h3-10H,11H2,1-2H3,(H,21,27). The van der Waals surface area contributed by atoms with Crippen LogP contribution in [0.15, 0.2) is 48.5 Å². The monoisotopic (exact) mass is 379 g/mol. The number of aromatic amines is 1. The molecule has 0 unspecified atom stereocenters. The summed E-state index contributed by atoms with van der Waals surface area (Å²) in [4.78, 5) is 1.50. The highest BCUT2D eigenvalue weighted by atomic mass is 32.1. The fourth-order valence-corrected chi connectivity index (χ4v) is 2.94. The minimum Gasteiger partial charge on any atom is -0.497 e. The molecule has 2 heterocycles. The number of benzene rings is 2. The van der Waals surface area contributed by atoms with Crippen LogP contribution in [0.2, 0.25) is 0 Å². The molecule has 1 N–H and O–H groups in total. The van der Waals surface area contributed by atoms with Crippen molar-refractivity contribution in [3.8, 4) is 22.8 Å². The maximum atomic E-state index is 5.38. The van der Waals surface area contributed by atoms with Crippen molar-refractivity contribution in [3.05, 3.63) is 64.7 Å². The van der Waals surface area contributed by atoms with E-state index in [-0.39, 0.29) is 0 Å². The Morgan fingerprint density at radius 2 is 1.81 bits per heavy atom. The first-order valence-electron chi connectivity index (χ1n) is 8.29. The van der Waals surface area contributed by atoms with Crippen molar-refractivity contribution < 1.29 is 4.74 Å². The van der Waals surface area contributed by atoms with Crippen LogP contribution in [-0.4, -0.2) is 42.1 Å². The van der Waals surface area contributed by atoms with Crippen molar-refractivity contribution >= 4 is 12.2 Å². The summed E-state index contributed by atoms with van der Waals surface area (Å²) in [5.74, 6) is 2.01. The quantitative estimate of drug-likeness (QED) is 0.537. The molecule has 0 saturated heterocycles. The largest absolute Gasteiger partial charge is 0.497 e. The molecule has 0 atom stereocenters. The van der Waals surface area contributed by atoms with Crippen molar-refractivity contribution in [1.29, 1.82) is 0 Å². The summed E-state index contributed by atoms with van der Waals surface area (Å²) in [6.07, 6.45) is 0. The van der Waals surface area contributed by atoms with E-state index in [0.717, 1.165) is 17.0 Å². The first-order chi connectivity index (χ1) is 13.1. The molecule has 0 aliphatic rings. The second kappa shape index (κ2) is 7.12. The van der Waals surface area contributed by atoms with E-state index >= 15 is 0 Å². The summed E-state index contributed by atoms with van der Waals surface area (Å²) < 4.78 is 7.55. The van der Waals surface area contributed by atoms with Crippen molar-refractivity contribution in [1.82, 2.24) is 35.0 Å². The second-order valence-electron chi connectivity index (χ2n) is 5.99. The van der Waals surface area contributed by atoms with Crippen molar-refractivity contribution in [3.63, 3.8) is 0 Å². The van der Waals surface area contributed by atoms with E-state index in [1.807, 2.05) is 60.0 Å². The summed E-state index contributed by atoms with van der Waals surface area (Å²) in [6.45, 7) is 2.38. The topological polar surface area (TPSA) is 86.4 Å². The van der Waals surface area contributed by atoms with Gasteiger partial charge in [0.15, 0.2) is 10.6 Å². The summed E-state index contributed by atoms with van der Waals surface area (Å²) in [5.41, 5.74) is 2.97. The first kappa shape index (κ1) is 17.1. The Balaban J connectivity index is 1.61. The van der Waals surface area contributed by atoms with Gasteiger partial charge in [0.2, 0.25) is 5.82 Å². The molecule has 0 saturated carbocycles. The third-order valence-electron chi connectivity index (χ3n) is 4.12. The lowest BCUT2D eigenvalue weighted by Gasteiger charge is -2.06. The van der Waals surface area contributed by atoms with E-state index in [4.69, 9.17) is 17.0 Å². The Morgan fingerprint density at radius 3 is 2.52 bits per heavy atom. The maximum Gasteiger partial charge on any atom is 0.204 e. The molecular weight excluding hydrogens is 362 g/mol. The van der Waals surface area contributed by atoms with Gasteiger partial charge in [-0.1, -0.05) is 17.7 Å². The van der Waals surface area contributed by atoms with Gasteiger partial charge in [0.05, 0.1) is 7.11 Å². The van der Waals surface area contributed by atoms with E-state index in [2.05, 4.69) is 25.6 Å². The fraction of sp³-hybridized carbons (Fsp3) is 0.167. The number of nitrogens with one attached hydrogen (secondary N) is 1. The molecule has 0 bridgehead atoms. The number of nitrogens with zero attached hydrogens (tertiary/aromatic N) is 6. The number of tetrazole rings is 1. The average molecular weight is 379 g/mol. The van der Waals surface area contributed by atoms with E-state index in [1.54, 1.807) is 7.11 Å². The number of hydrogen-bond donors (Lipinski definition) is 1. The van der Waals surface area contributed by atoms with Gasteiger partial charge in [-0.3, -0.25) is 9.67 Å². The third kappa shape index (κ3) is 3.49. The maximum absolute atomic E-state index is 5.38. The van der Waals surface area contributed by atoms with Crippen LogP contribution in [0.25, 0.3) is 17.1 Å². The van der Waals surface area contributed by atoms with Gasteiger partial charge in [-0.25, -0.2) is 0 Å². The second-order valence-corrected chi connectivity index (χ2v) is 6.37. The lowest BCUT2D eigenvalue weighted by molar-refractivity contribution is 0.415. The molecule has 27 heavy (non-hydrogen) atoms. The molecule has 136 valence electrons. The van der Waals surface area contributed by atoms with Gasteiger partial charge in [-0.15, -0.1) is 10.2 Å².